The molecule has 0 fully saturated rings. The number of esters is 1. The molecule has 0 saturated carbocycles. The summed E-state index contributed by atoms with van der Waals surface area (Å²) in [6, 6.07) is 7.50. The highest BCUT2D eigenvalue weighted by Crippen LogP contribution is 2.09. The van der Waals surface area contributed by atoms with Crippen LogP contribution in [-0.4, -0.2) is 31.6 Å². The van der Waals surface area contributed by atoms with Crippen LogP contribution < -0.4 is 16.1 Å². The van der Waals surface area contributed by atoms with Gasteiger partial charge in [0.15, 0.2) is 0 Å². The third kappa shape index (κ3) is 5.25. The number of hydrogen-bond acceptors (Lipinski definition) is 5. The molecule has 0 aliphatic heterocycles. The Bertz CT molecular complexity index is 557. The predicted molar refractivity (Wildman–Crippen MR) is 80.0 cm³/mol. The third-order valence-corrected chi connectivity index (χ3v) is 2.89. The van der Waals surface area contributed by atoms with Crippen molar-refractivity contribution in [3.05, 3.63) is 40.6 Å². The second-order valence-corrected chi connectivity index (χ2v) is 4.85. The number of ether oxygens (including phenoxy) is 1. The smallest absolute Gasteiger partial charge is 0.325 e. The van der Waals surface area contributed by atoms with Crippen molar-refractivity contribution in [1.82, 2.24) is 5.32 Å². The fourth-order valence-electron chi connectivity index (χ4n) is 1.69. The first-order valence-corrected chi connectivity index (χ1v) is 6.66. The Morgan fingerprint density at radius 1 is 1.19 bits per heavy atom. The Kier molecular flexibility index (Phi) is 6.39. The average molecular weight is 292 g/mol. The van der Waals surface area contributed by atoms with Crippen LogP contribution in [0.4, 0.5) is 5.69 Å². The maximum Gasteiger partial charge on any atom is 0.325 e. The van der Waals surface area contributed by atoms with E-state index >= 15 is 0 Å². The highest BCUT2D eigenvalue weighted by atomic mass is 16.5. The zero-order chi connectivity index (χ0) is 15.8. The zero-order valence-corrected chi connectivity index (χ0v) is 12.4. The van der Waals surface area contributed by atoms with Crippen LogP contribution in [0.1, 0.15) is 13.8 Å². The SMILES string of the molecule is COC(=O)CNC(=O)[C@H](Nc1cccccc1=O)C(C)C. The number of anilines is 1. The van der Waals surface area contributed by atoms with Gasteiger partial charge in [0, 0.05) is 0 Å². The Morgan fingerprint density at radius 2 is 1.86 bits per heavy atom. The summed E-state index contributed by atoms with van der Waals surface area (Å²) < 4.78 is 4.47. The minimum atomic E-state index is -0.621. The number of carbonyl (C=O) groups is 2. The molecule has 0 spiro atoms. The molecule has 0 radical (unpaired) electrons. The van der Waals surface area contributed by atoms with E-state index in [9.17, 15) is 14.4 Å². The lowest BCUT2D eigenvalue weighted by Gasteiger charge is -2.21. The second kappa shape index (κ2) is 8.04. The van der Waals surface area contributed by atoms with Gasteiger partial charge in [0.2, 0.25) is 11.3 Å². The first kappa shape index (κ1) is 16.7. The second-order valence-electron chi connectivity index (χ2n) is 4.85. The van der Waals surface area contributed by atoms with Gasteiger partial charge in [-0.1, -0.05) is 32.0 Å². The molecule has 21 heavy (non-hydrogen) atoms. The molecule has 1 aromatic carbocycles. The van der Waals surface area contributed by atoms with E-state index < -0.39 is 12.0 Å². The van der Waals surface area contributed by atoms with E-state index in [0.717, 1.165) is 0 Å². The van der Waals surface area contributed by atoms with E-state index in [1.165, 1.54) is 13.2 Å². The van der Waals surface area contributed by atoms with Gasteiger partial charge in [0.05, 0.1) is 12.8 Å². The Balaban J connectivity index is 2.83. The summed E-state index contributed by atoms with van der Waals surface area (Å²) in [5.74, 6) is -0.949. The largest absolute Gasteiger partial charge is 0.468 e. The molecular weight excluding hydrogens is 272 g/mol. The van der Waals surface area contributed by atoms with Crippen LogP contribution in [0.15, 0.2) is 35.1 Å². The van der Waals surface area contributed by atoms with Crippen molar-refractivity contribution in [2.24, 2.45) is 5.92 Å². The zero-order valence-electron chi connectivity index (χ0n) is 12.4. The summed E-state index contributed by atoms with van der Waals surface area (Å²) in [6.45, 7) is 3.50. The molecule has 0 bridgehead atoms. The Hall–Kier alpha value is -2.37. The van der Waals surface area contributed by atoms with Gasteiger partial charge >= 0.3 is 5.97 Å². The number of amides is 1. The number of hydrogen-bond donors (Lipinski definition) is 2. The lowest BCUT2D eigenvalue weighted by atomic mass is 10.0. The van der Waals surface area contributed by atoms with Gasteiger partial charge in [0.1, 0.15) is 12.6 Å². The molecule has 1 rings (SSSR count). The summed E-state index contributed by atoms with van der Waals surface area (Å²) in [7, 11) is 1.25. The van der Waals surface area contributed by atoms with Crippen molar-refractivity contribution in [3.8, 4) is 0 Å². The fourth-order valence-corrected chi connectivity index (χ4v) is 1.69. The molecule has 0 aliphatic carbocycles. The quantitative estimate of drug-likeness (QED) is 0.757. The summed E-state index contributed by atoms with van der Waals surface area (Å²) >= 11 is 0. The Morgan fingerprint density at radius 3 is 2.48 bits per heavy atom. The normalized spacial score (nSPS) is 11.6. The summed E-state index contributed by atoms with van der Waals surface area (Å²) in [4.78, 5) is 35.0. The van der Waals surface area contributed by atoms with Crippen LogP contribution in [0.25, 0.3) is 0 Å². The van der Waals surface area contributed by atoms with Gasteiger partial charge in [-0.15, -0.1) is 0 Å². The molecule has 0 saturated heterocycles. The van der Waals surface area contributed by atoms with Crippen molar-refractivity contribution in [2.75, 3.05) is 19.0 Å². The van der Waals surface area contributed by atoms with Gasteiger partial charge in [-0.05, 0) is 18.1 Å². The highest BCUT2D eigenvalue weighted by Gasteiger charge is 2.23. The lowest BCUT2D eigenvalue weighted by Crippen LogP contribution is -2.45. The number of rotatable bonds is 6. The molecular formula is C15H20N2O4. The van der Waals surface area contributed by atoms with Crippen LogP contribution in [-0.2, 0) is 14.3 Å². The molecule has 1 atom stereocenters. The van der Waals surface area contributed by atoms with Crippen molar-refractivity contribution < 1.29 is 14.3 Å². The summed E-state index contributed by atoms with van der Waals surface area (Å²) in [5, 5.41) is 5.42. The van der Waals surface area contributed by atoms with Crippen LogP contribution in [0.5, 0.6) is 0 Å². The molecule has 2 N–H and O–H groups in total. The standard InChI is InChI=1S/C15H20N2O4/c1-10(2)14(15(20)16-9-13(19)21-3)17-11-7-5-4-6-8-12(11)18/h4-8,10,14H,9H2,1-3H3,(H,16,20)(H,17,18)/t14-/m1/s1. The molecule has 1 aromatic rings. The molecule has 0 aromatic heterocycles. The molecule has 6 heteroatoms. The lowest BCUT2D eigenvalue weighted by molar-refractivity contribution is -0.141. The van der Waals surface area contributed by atoms with E-state index in [2.05, 4.69) is 15.4 Å². The van der Waals surface area contributed by atoms with Crippen molar-refractivity contribution in [2.45, 2.75) is 19.9 Å². The van der Waals surface area contributed by atoms with E-state index in [0.29, 0.717) is 5.69 Å². The van der Waals surface area contributed by atoms with Gasteiger partial charge in [-0.3, -0.25) is 14.4 Å². The van der Waals surface area contributed by atoms with Crippen LogP contribution in [0, 0.1) is 5.92 Å². The van der Waals surface area contributed by atoms with Crippen LogP contribution >= 0.6 is 0 Å². The molecule has 114 valence electrons. The van der Waals surface area contributed by atoms with Crippen LogP contribution in [0.3, 0.4) is 0 Å². The minimum Gasteiger partial charge on any atom is -0.468 e. The summed E-state index contributed by atoms with van der Waals surface area (Å²) in [5.41, 5.74) is 0.137. The maximum absolute atomic E-state index is 12.1. The fraction of sp³-hybridized carbons (Fsp3) is 0.400. The summed E-state index contributed by atoms with van der Waals surface area (Å²) in [6.07, 6.45) is 0. The first-order chi connectivity index (χ1) is 9.95. The first-order valence-electron chi connectivity index (χ1n) is 6.66. The number of carbonyl (C=O) groups excluding carboxylic acids is 2. The topological polar surface area (TPSA) is 84.5 Å². The van der Waals surface area contributed by atoms with E-state index in [1.54, 1.807) is 24.3 Å². The van der Waals surface area contributed by atoms with E-state index in [4.69, 9.17) is 0 Å². The molecule has 6 nitrogen and oxygen atoms in total. The number of nitrogens with one attached hydrogen (secondary N) is 2. The number of methoxy groups -OCH3 is 1. The monoisotopic (exact) mass is 292 g/mol. The van der Waals surface area contributed by atoms with Crippen LogP contribution in [0.2, 0.25) is 0 Å². The van der Waals surface area contributed by atoms with Gasteiger partial charge in [0.25, 0.3) is 0 Å². The molecule has 0 aliphatic rings. The van der Waals surface area contributed by atoms with Crippen molar-refractivity contribution in [1.29, 1.82) is 0 Å². The van der Waals surface area contributed by atoms with E-state index in [1.807, 2.05) is 13.8 Å². The van der Waals surface area contributed by atoms with Gasteiger partial charge < -0.3 is 15.4 Å². The molecule has 0 heterocycles. The van der Waals surface area contributed by atoms with Gasteiger partial charge in [-0.2, -0.15) is 0 Å². The highest BCUT2D eigenvalue weighted by molar-refractivity contribution is 5.87. The van der Waals surface area contributed by atoms with Crippen molar-refractivity contribution in [3.63, 3.8) is 0 Å². The molecule has 1 amide bonds. The molecule has 0 unspecified atom stereocenters. The maximum atomic E-state index is 12.1. The minimum absolute atomic E-state index is 0.0624. The van der Waals surface area contributed by atoms with E-state index in [-0.39, 0.29) is 23.8 Å². The Labute approximate surface area is 123 Å². The van der Waals surface area contributed by atoms with Gasteiger partial charge in [-0.25, -0.2) is 0 Å². The third-order valence-electron chi connectivity index (χ3n) is 2.89. The predicted octanol–water partition coefficient (Wildman–Crippen LogP) is 0.772. The average Bonchev–Trinajstić information content (AvgIpc) is 2.66. The van der Waals surface area contributed by atoms with Crippen molar-refractivity contribution >= 4 is 17.6 Å².